The molecule has 26 heavy (non-hydrogen) atoms. The van der Waals surface area contributed by atoms with Crippen molar-refractivity contribution in [2.75, 3.05) is 26.5 Å². The number of thiocarbonyl (C=S) groups is 1. The van der Waals surface area contributed by atoms with Crippen molar-refractivity contribution in [3.63, 3.8) is 0 Å². The Balaban J connectivity index is 1.80. The maximum Gasteiger partial charge on any atom is 0.195 e. The van der Waals surface area contributed by atoms with Gasteiger partial charge in [-0.1, -0.05) is 65.8 Å². The van der Waals surface area contributed by atoms with Gasteiger partial charge in [0.15, 0.2) is 10.9 Å². The highest BCUT2D eigenvalue weighted by molar-refractivity contribution is 7.80. The van der Waals surface area contributed by atoms with Crippen LogP contribution in [0.1, 0.15) is 5.56 Å². The summed E-state index contributed by atoms with van der Waals surface area (Å²) in [5.74, 6) is 0.733. The van der Waals surface area contributed by atoms with Crippen LogP contribution in [0.3, 0.4) is 0 Å². The Hall–Kier alpha value is -2.76. The number of anilines is 1. The summed E-state index contributed by atoms with van der Waals surface area (Å²) in [6.07, 6.45) is 0. The van der Waals surface area contributed by atoms with Crippen molar-refractivity contribution in [2.24, 2.45) is 5.10 Å². The number of hydrogen-bond donors (Lipinski definition) is 2. The molecule has 5 heteroatoms. The lowest BCUT2D eigenvalue weighted by Crippen LogP contribution is -2.39. The van der Waals surface area contributed by atoms with E-state index in [-0.39, 0.29) is 0 Å². The van der Waals surface area contributed by atoms with E-state index in [4.69, 9.17) is 17.3 Å². The van der Waals surface area contributed by atoms with Gasteiger partial charge in [0.25, 0.3) is 0 Å². The van der Waals surface area contributed by atoms with E-state index in [0.29, 0.717) is 9.70 Å². The first-order valence-corrected chi connectivity index (χ1v) is 8.85. The van der Waals surface area contributed by atoms with E-state index in [1.165, 1.54) is 10.8 Å². The highest BCUT2D eigenvalue weighted by Crippen LogP contribution is 2.18. The number of fused-ring (bicyclic) bond motifs is 1. The number of hydrogen-bond acceptors (Lipinski definition) is 2. The van der Waals surface area contributed by atoms with E-state index < -0.39 is 0 Å². The summed E-state index contributed by atoms with van der Waals surface area (Å²) < 4.78 is 0.440. The molecule has 0 aliphatic heterocycles. The lowest BCUT2D eigenvalue weighted by Gasteiger charge is -2.19. The zero-order chi connectivity index (χ0) is 18.6. The Morgan fingerprint density at radius 3 is 2.19 bits per heavy atom. The summed E-state index contributed by atoms with van der Waals surface area (Å²) in [5.41, 5.74) is 1.93. The van der Waals surface area contributed by atoms with Gasteiger partial charge in [-0.15, -0.1) is 0 Å². The number of amidine groups is 1. The summed E-state index contributed by atoms with van der Waals surface area (Å²) in [5, 5.41) is 14.1. The predicted octanol–water partition coefficient (Wildman–Crippen LogP) is 4.19. The van der Waals surface area contributed by atoms with Crippen molar-refractivity contribution < 1.29 is 4.59 Å². The summed E-state index contributed by atoms with van der Waals surface area (Å²) in [6.45, 7) is 0. The van der Waals surface area contributed by atoms with Crippen molar-refractivity contribution >= 4 is 39.6 Å². The van der Waals surface area contributed by atoms with E-state index in [2.05, 4.69) is 34.9 Å². The molecule has 0 amide bonds. The van der Waals surface area contributed by atoms with Gasteiger partial charge in [0.05, 0.1) is 21.1 Å². The summed E-state index contributed by atoms with van der Waals surface area (Å²) in [6, 6.07) is 24.4. The van der Waals surface area contributed by atoms with Crippen LogP contribution in [0.25, 0.3) is 10.8 Å². The molecule has 4 nitrogen and oxygen atoms in total. The van der Waals surface area contributed by atoms with Crippen LogP contribution in [0.15, 0.2) is 77.9 Å². The number of benzene rings is 3. The molecule has 0 radical (unpaired) electrons. The standard InChI is InChI=1S/C21H22N4S/c1-25(2,3)24-20(17-10-5-4-6-11-17)23-21(26)22-19-14-13-16-9-7-8-12-18(16)15-19/h4-15H,1-3H3,(H-,22,23,24,26)/p+1. The van der Waals surface area contributed by atoms with Crippen molar-refractivity contribution in [1.82, 2.24) is 5.32 Å². The molecule has 0 aliphatic carbocycles. The molecule has 0 unspecified atom stereocenters. The van der Waals surface area contributed by atoms with E-state index in [0.717, 1.165) is 17.1 Å². The highest BCUT2D eigenvalue weighted by Gasteiger charge is 2.13. The molecule has 0 saturated carbocycles. The second kappa shape index (κ2) is 7.64. The summed E-state index contributed by atoms with van der Waals surface area (Å²) in [4.78, 5) is 0. The van der Waals surface area contributed by atoms with Crippen molar-refractivity contribution in [3.05, 3.63) is 78.4 Å². The van der Waals surface area contributed by atoms with Gasteiger partial charge < -0.3 is 10.6 Å². The second-order valence-corrected chi connectivity index (χ2v) is 7.31. The van der Waals surface area contributed by atoms with Gasteiger partial charge in [0.1, 0.15) is 0 Å². The SMILES string of the molecule is C[N+](C)(C)/N=C(\NC(=S)Nc1ccc2ccccc2c1)c1ccccc1. The van der Waals surface area contributed by atoms with Gasteiger partial charge in [-0.2, -0.15) is 0 Å². The fraction of sp³-hybridized carbons (Fsp3) is 0.143. The van der Waals surface area contributed by atoms with Crippen LogP contribution in [0, 0.1) is 0 Å². The minimum atomic E-state index is 0.440. The van der Waals surface area contributed by atoms with Crippen LogP contribution in [-0.2, 0) is 0 Å². The molecular formula is C21H23N4S+. The lowest BCUT2D eigenvalue weighted by molar-refractivity contribution is -0.877. The zero-order valence-corrected chi connectivity index (χ0v) is 16.0. The Labute approximate surface area is 159 Å². The Bertz CT molecular complexity index is 943. The molecule has 2 N–H and O–H groups in total. The first-order chi connectivity index (χ1) is 12.4. The number of rotatable bonds is 3. The molecule has 0 saturated heterocycles. The monoisotopic (exact) mass is 363 g/mol. The number of nitrogens with zero attached hydrogens (tertiary/aromatic N) is 2. The van der Waals surface area contributed by atoms with Crippen molar-refractivity contribution in [3.8, 4) is 0 Å². The molecule has 3 aromatic carbocycles. The second-order valence-electron chi connectivity index (χ2n) is 6.90. The number of quaternary nitrogens is 1. The van der Waals surface area contributed by atoms with Crippen LogP contribution in [0.5, 0.6) is 0 Å². The first-order valence-electron chi connectivity index (χ1n) is 8.45. The molecule has 3 rings (SSSR count). The Morgan fingerprint density at radius 1 is 0.846 bits per heavy atom. The fourth-order valence-corrected chi connectivity index (χ4v) is 2.80. The molecule has 0 aromatic heterocycles. The number of nitrogens with one attached hydrogen (secondary N) is 2. The lowest BCUT2D eigenvalue weighted by atomic mass is 10.1. The third kappa shape index (κ3) is 4.88. The van der Waals surface area contributed by atoms with Crippen LogP contribution >= 0.6 is 12.2 Å². The van der Waals surface area contributed by atoms with Crippen molar-refractivity contribution in [1.29, 1.82) is 0 Å². The van der Waals surface area contributed by atoms with Gasteiger partial charge >= 0.3 is 0 Å². The molecule has 132 valence electrons. The molecule has 3 aromatic rings. The molecule has 0 heterocycles. The minimum absolute atomic E-state index is 0.440. The largest absolute Gasteiger partial charge is 0.332 e. The Kier molecular flexibility index (Phi) is 5.30. The van der Waals surface area contributed by atoms with Crippen LogP contribution in [-0.4, -0.2) is 36.7 Å². The van der Waals surface area contributed by atoms with Gasteiger partial charge in [-0.25, -0.2) is 4.59 Å². The van der Waals surface area contributed by atoms with E-state index in [9.17, 15) is 0 Å². The molecular weight excluding hydrogens is 340 g/mol. The van der Waals surface area contributed by atoms with E-state index in [1.807, 2.05) is 69.7 Å². The maximum absolute atomic E-state index is 5.51. The average Bonchev–Trinajstić information content (AvgIpc) is 2.60. The molecule has 0 aliphatic rings. The van der Waals surface area contributed by atoms with Gasteiger partial charge in [-0.05, 0) is 35.1 Å². The Morgan fingerprint density at radius 2 is 1.50 bits per heavy atom. The predicted molar refractivity (Wildman–Crippen MR) is 114 cm³/mol. The molecule has 0 bridgehead atoms. The summed E-state index contributed by atoms with van der Waals surface area (Å²) >= 11 is 5.51. The molecule has 0 spiro atoms. The third-order valence-electron chi connectivity index (χ3n) is 3.69. The summed E-state index contributed by atoms with van der Waals surface area (Å²) in [7, 11) is 6.01. The quantitative estimate of drug-likeness (QED) is 0.241. The topological polar surface area (TPSA) is 36.4 Å². The minimum Gasteiger partial charge on any atom is -0.332 e. The first kappa shape index (κ1) is 18.0. The van der Waals surface area contributed by atoms with Crippen LogP contribution < -0.4 is 10.6 Å². The van der Waals surface area contributed by atoms with Crippen LogP contribution in [0.2, 0.25) is 0 Å². The normalized spacial score (nSPS) is 12.0. The zero-order valence-electron chi connectivity index (χ0n) is 15.2. The van der Waals surface area contributed by atoms with Gasteiger partial charge in [-0.3, -0.25) is 0 Å². The van der Waals surface area contributed by atoms with Crippen LogP contribution in [0.4, 0.5) is 5.69 Å². The smallest absolute Gasteiger partial charge is 0.195 e. The third-order valence-corrected chi connectivity index (χ3v) is 3.89. The molecule has 0 fully saturated rings. The maximum atomic E-state index is 5.51. The van der Waals surface area contributed by atoms with E-state index >= 15 is 0 Å². The highest BCUT2D eigenvalue weighted by atomic mass is 32.1. The fourth-order valence-electron chi connectivity index (χ4n) is 2.59. The van der Waals surface area contributed by atoms with E-state index in [1.54, 1.807) is 0 Å². The van der Waals surface area contributed by atoms with Crippen molar-refractivity contribution in [2.45, 2.75) is 0 Å². The average molecular weight is 364 g/mol. The molecule has 0 atom stereocenters. The van der Waals surface area contributed by atoms with Gasteiger partial charge in [0.2, 0.25) is 0 Å². The van der Waals surface area contributed by atoms with Gasteiger partial charge in [0, 0.05) is 11.3 Å².